The normalized spacial score (nSPS) is 10.6. The number of hydrogen-bond acceptors (Lipinski definition) is 7. The van der Waals surface area contributed by atoms with Crippen LogP contribution in [0.4, 0.5) is 11.4 Å². The molecule has 33 heavy (non-hydrogen) atoms. The average molecular weight is 446 g/mol. The van der Waals surface area contributed by atoms with Gasteiger partial charge in [-0.1, -0.05) is 17.7 Å². The van der Waals surface area contributed by atoms with Crippen molar-refractivity contribution in [1.29, 1.82) is 0 Å². The van der Waals surface area contributed by atoms with Crippen LogP contribution in [0, 0.1) is 6.92 Å². The fourth-order valence-electron chi connectivity index (χ4n) is 2.90. The Bertz CT molecular complexity index is 1270. The Morgan fingerprint density at radius 3 is 2.21 bits per heavy atom. The van der Waals surface area contributed by atoms with Crippen LogP contribution in [0.25, 0.3) is 6.08 Å². The van der Waals surface area contributed by atoms with Crippen molar-refractivity contribution in [3.8, 4) is 0 Å². The predicted octanol–water partition coefficient (Wildman–Crippen LogP) is 4.27. The van der Waals surface area contributed by atoms with Gasteiger partial charge in [-0.15, -0.1) is 0 Å². The van der Waals surface area contributed by atoms with Crippen molar-refractivity contribution in [2.45, 2.75) is 13.8 Å². The zero-order valence-electron chi connectivity index (χ0n) is 18.3. The summed E-state index contributed by atoms with van der Waals surface area (Å²) < 4.78 is 9.93. The summed E-state index contributed by atoms with van der Waals surface area (Å²) in [6.07, 6.45) is 2.92. The van der Waals surface area contributed by atoms with Gasteiger partial charge in [0.1, 0.15) is 11.4 Å². The molecular weight excluding hydrogens is 424 g/mol. The van der Waals surface area contributed by atoms with E-state index in [9.17, 15) is 19.2 Å². The third kappa shape index (κ3) is 5.82. The average Bonchev–Trinajstić information content (AvgIpc) is 2.80. The fourth-order valence-corrected chi connectivity index (χ4v) is 2.90. The van der Waals surface area contributed by atoms with E-state index in [0.29, 0.717) is 16.8 Å². The molecule has 0 fully saturated rings. The van der Waals surface area contributed by atoms with E-state index in [0.717, 1.165) is 5.56 Å². The standard InChI is InChI=1S/C25H22N2O6/c1-15-4-6-17(7-5-15)23(29)27-21-14-20(16(2)28)22(33-25(21)31)12-13-26-19-10-8-18(9-11-19)24(30)32-3/h4-14,26H,1-3H3,(H,27,29). The molecule has 1 aromatic heterocycles. The predicted molar refractivity (Wildman–Crippen MR) is 125 cm³/mol. The van der Waals surface area contributed by atoms with Crippen LogP contribution in [0.5, 0.6) is 0 Å². The molecule has 0 atom stereocenters. The molecule has 0 aliphatic carbocycles. The Morgan fingerprint density at radius 1 is 0.970 bits per heavy atom. The highest BCUT2D eigenvalue weighted by atomic mass is 16.5. The number of anilines is 2. The maximum absolute atomic E-state index is 12.4. The van der Waals surface area contributed by atoms with Gasteiger partial charge in [-0.3, -0.25) is 9.59 Å². The van der Waals surface area contributed by atoms with Gasteiger partial charge in [-0.05, 0) is 62.4 Å². The van der Waals surface area contributed by atoms with E-state index in [-0.39, 0.29) is 22.8 Å². The summed E-state index contributed by atoms with van der Waals surface area (Å²) in [5.74, 6) is -1.23. The van der Waals surface area contributed by atoms with E-state index >= 15 is 0 Å². The van der Waals surface area contributed by atoms with Crippen molar-refractivity contribution in [2.24, 2.45) is 0 Å². The first-order chi connectivity index (χ1) is 15.8. The van der Waals surface area contributed by atoms with E-state index < -0.39 is 17.5 Å². The van der Waals surface area contributed by atoms with Crippen molar-refractivity contribution in [1.82, 2.24) is 0 Å². The van der Waals surface area contributed by atoms with Crippen LogP contribution in [0.1, 0.15) is 49.3 Å². The van der Waals surface area contributed by atoms with E-state index in [4.69, 9.17) is 4.42 Å². The largest absolute Gasteiger partial charge is 0.465 e. The molecule has 0 saturated heterocycles. The van der Waals surface area contributed by atoms with Gasteiger partial charge < -0.3 is 19.8 Å². The van der Waals surface area contributed by atoms with E-state index in [2.05, 4.69) is 15.4 Å². The van der Waals surface area contributed by atoms with Crippen LogP contribution in [-0.4, -0.2) is 24.8 Å². The molecule has 2 N–H and O–H groups in total. The van der Waals surface area contributed by atoms with Crippen molar-refractivity contribution < 1.29 is 23.5 Å². The Morgan fingerprint density at radius 2 is 1.61 bits per heavy atom. The summed E-state index contributed by atoms with van der Waals surface area (Å²) in [7, 11) is 1.30. The SMILES string of the molecule is COC(=O)c1ccc(NC=Cc2oc(=O)c(NC(=O)c3ccc(C)cc3)cc2C(C)=O)cc1. The number of carbonyl (C=O) groups is 3. The molecule has 0 aliphatic heterocycles. The van der Waals surface area contributed by atoms with Crippen molar-refractivity contribution in [3.05, 3.63) is 99.2 Å². The first kappa shape index (κ1) is 23.2. The van der Waals surface area contributed by atoms with Gasteiger partial charge >= 0.3 is 11.6 Å². The second-order valence-corrected chi connectivity index (χ2v) is 7.15. The Kier molecular flexibility index (Phi) is 7.20. The lowest BCUT2D eigenvalue weighted by Crippen LogP contribution is -2.19. The van der Waals surface area contributed by atoms with Crippen LogP contribution in [0.15, 0.2) is 70.0 Å². The molecule has 1 heterocycles. The molecule has 0 bridgehead atoms. The molecule has 3 rings (SSSR count). The number of rotatable bonds is 7. The van der Waals surface area contributed by atoms with Crippen LogP contribution >= 0.6 is 0 Å². The molecule has 2 aromatic carbocycles. The molecule has 0 saturated carbocycles. The molecule has 8 heteroatoms. The summed E-state index contributed by atoms with van der Waals surface area (Å²) in [5, 5.41) is 5.45. The maximum Gasteiger partial charge on any atom is 0.360 e. The number of hydrogen-bond donors (Lipinski definition) is 2. The highest BCUT2D eigenvalue weighted by Crippen LogP contribution is 2.17. The van der Waals surface area contributed by atoms with Gasteiger partial charge in [0.05, 0.1) is 18.2 Å². The Hall–Kier alpha value is -4.46. The van der Waals surface area contributed by atoms with Crippen molar-refractivity contribution in [3.63, 3.8) is 0 Å². The van der Waals surface area contributed by atoms with Crippen LogP contribution in [0.2, 0.25) is 0 Å². The van der Waals surface area contributed by atoms with E-state index in [1.165, 1.54) is 32.4 Å². The fraction of sp³-hybridized carbons (Fsp3) is 0.120. The summed E-state index contributed by atoms with van der Waals surface area (Å²) in [4.78, 5) is 48.4. The van der Waals surface area contributed by atoms with E-state index in [1.807, 2.05) is 6.92 Å². The quantitative estimate of drug-likeness (QED) is 0.411. The zero-order valence-corrected chi connectivity index (χ0v) is 18.3. The lowest BCUT2D eigenvalue weighted by atomic mass is 10.1. The number of aryl methyl sites for hydroxylation is 1. The summed E-state index contributed by atoms with van der Waals surface area (Å²) in [5.41, 5.74) is 1.64. The van der Waals surface area contributed by atoms with Gasteiger partial charge in [0.2, 0.25) is 0 Å². The minimum Gasteiger partial charge on any atom is -0.465 e. The lowest BCUT2D eigenvalue weighted by Gasteiger charge is -2.08. The number of esters is 1. The second-order valence-electron chi connectivity index (χ2n) is 7.15. The number of ether oxygens (including phenoxy) is 1. The number of benzene rings is 2. The number of ketones is 1. The molecule has 0 unspecified atom stereocenters. The van der Waals surface area contributed by atoms with Crippen molar-refractivity contribution >= 4 is 35.1 Å². The summed E-state index contributed by atoms with van der Waals surface area (Å²) in [6, 6.07) is 14.7. The first-order valence-corrected chi connectivity index (χ1v) is 9.97. The lowest BCUT2D eigenvalue weighted by molar-refractivity contribution is 0.0600. The number of carbonyl (C=O) groups excluding carboxylic acids is 3. The van der Waals surface area contributed by atoms with E-state index in [1.54, 1.807) is 48.5 Å². The minimum atomic E-state index is -0.789. The van der Waals surface area contributed by atoms with Gasteiger partial charge in [0, 0.05) is 17.5 Å². The number of Topliss-reactive ketones (excluding diaryl/α,β-unsaturated/α-hetero) is 1. The third-order valence-electron chi connectivity index (χ3n) is 4.71. The number of amides is 1. The topological polar surface area (TPSA) is 115 Å². The summed E-state index contributed by atoms with van der Waals surface area (Å²) in [6.45, 7) is 3.23. The van der Waals surface area contributed by atoms with Crippen LogP contribution in [0.3, 0.4) is 0 Å². The van der Waals surface area contributed by atoms with Crippen LogP contribution < -0.4 is 16.3 Å². The second kappa shape index (κ2) is 10.2. The third-order valence-corrected chi connectivity index (χ3v) is 4.71. The zero-order chi connectivity index (χ0) is 24.0. The molecule has 8 nitrogen and oxygen atoms in total. The van der Waals surface area contributed by atoms with Gasteiger partial charge in [0.15, 0.2) is 5.78 Å². The molecule has 0 spiro atoms. The van der Waals surface area contributed by atoms with Gasteiger partial charge in [-0.25, -0.2) is 9.59 Å². The van der Waals surface area contributed by atoms with Crippen molar-refractivity contribution in [2.75, 3.05) is 17.7 Å². The van der Waals surface area contributed by atoms with Gasteiger partial charge in [-0.2, -0.15) is 0 Å². The smallest absolute Gasteiger partial charge is 0.360 e. The summed E-state index contributed by atoms with van der Waals surface area (Å²) >= 11 is 0. The molecular formula is C25H22N2O6. The highest BCUT2D eigenvalue weighted by molar-refractivity contribution is 6.05. The van der Waals surface area contributed by atoms with Crippen LogP contribution in [-0.2, 0) is 4.74 Å². The molecule has 168 valence electrons. The minimum absolute atomic E-state index is 0.0412. The molecule has 0 aliphatic rings. The monoisotopic (exact) mass is 446 g/mol. The molecule has 3 aromatic rings. The number of methoxy groups -OCH3 is 1. The molecule has 1 amide bonds. The highest BCUT2D eigenvalue weighted by Gasteiger charge is 2.16. The Balaban J connectivity index is 1.78. The first-order valence-electron chi connectivity index (χ1n) is 9.97. The molecule has 0 radical (unpaired) electrons. The number of nitrogens with one attached hydrogen (secondary N) is 2. The Labute approximate surface area is 189 Å². The van der Waals surface area contributed by atoms with Gasteiger partial charge in [0.25, 0.3) is 5.91 Å². The maximum atomic E-state index is 12.4.